The van der Waals surface area contributed by atoms with E-state index < -0.39 is 0 Å². The van der Waals surface area contributed by atoms with E-state index in [9.17, 15) is 4.79 Å². The number of anilines is 1. The van der Waals surface area contributed by atoms with Gasteiger partial charge in [-0.25, -0.2) is 4.68 Å². The second-order valence-corrected chi connectivity index (χ2v) is 3.35. The average Bonchev–Trinajstić information content (AvgIpc) is 2.79. The minimum atomic E-state index is -0.258. The fourth-order valence-electron chi connectivity index (χ4n) is 1.32. The van der Waals surface area contributed by atoms with Crippen LogP contribution in [0.25, 0.3) is 0 Å². The number of hydrogen-bond acceptors (Lipinski definition) is 4. The maximum absolute atomic E-state index is 11.8. The number of carbonyl (C=O) groups excluding carboxylic acids is 1. The van der Waals surface area contributed by atoms with Gasteiger partial charge in [0.1, 0.15) is 6.73 Å². The summed E-state index contributed by atoms with van der Waals surface area (Å²) in [7, 11) is 1.57. The van der Waals surface area contributed by atoms with Gasteiger partial charge in [-0.15, -0.1) is 0 Å². The smallest absolute Gasteiger partial charge is 0.276 e. The van der Waals surface area contributed by atoms with Gasteiger partial charge in [-0.05, 0) is 18.2 Å². The van der Waals surface area contributed by atoms with E-state index in [4.69, 9.17) is 4.74 Å². The molecule has 88 valence electrons. The summed E-state index contributed by atoms with van der Waals surface area (Å²) in [4.78, 5) is 15.6. The Morgan fingerprint density at radius 3 is 2.88 bits per heavy atom. The molecule has 2 rings (SSSR count). The molecule has 2 aromatic heterocycles. The second-order valence-electron chi connectivity index (χ2n) is 3.35. The molecule has 0 aromatic carbocycles. The van der Waals surface area contributed by atoms with Gasteiger partial charge in [0.2, 0.25) is 0 Å². The standard InChI is InChI=1S/C11H12N4O2/c1-17-8-15-7-4-10(14-15)11(16)13-9-2-5-12-6-3-9/h2-7H,8H2,1H3,(H,12,13,16). The fraction of sp³-hybridized carbons (Fsp3) is 0.182. The lowest BCUT2D eigenvalue weighted by atomic mass is 10.3. The molecule has 0 spiro atoms. The maximum Gasteiger partial charge on any atom is 0.276 e. The first-order valence-electron chi connectivity index (χ1n) is 5.03. The molecule has 0 atom stereocenters. The predicted octanol–water partition coefficient (Wildman–Crippen LogP) is 1.13. The van der Waals surface area contributed by atoms with Crippen LogP contribution in [0.3, 0.4) is 0 Å². The monoisotopic (exact) mass is 232 g/mol. The summed E-state index contributed by atoms with van der Waals surface area (Å²) < 4.78 is 6.44. The summed E-state index contributed by atoms with van der Waals surface area (Å²) in [5.74, 6) is -0.258. The van der Waals surface area contributed by atoms with Crippen molar-refractivity contribution < 1.29 is 9.53 Å². The number of hydrogen-bond donors (Lipinski definition) is 1. The highest BCUT2D eigenvalue weighted by Gasteiger charge is 2.09. The molecule has 0 fully saturated rings. The molecule has 1 amide bonds. The topological polar surface area (TPSA) is 69.0 Å². The van der Waals surface area contributed by atoms with Crippen LogP contribution in [0, 0.1) is 0 Å². The number of nitrogens with zero attached hydrogens (tertiary/aromatic N) is 3. The normalized spacial score (nSPS) is 10.2. The summed E-state index contributed by atoms with van der Waals surface area (Å²) in [6.45, 7) is 0.322. The van der Waals surface area contributed by atoms with E-state index in [0.717, 1.165) is 0 Å². The van der Waals surface area contributed by atoms with Gasteiger partial charge in [-0.2, -0.15) is 5.10 Å². The van der Waals surface area contributed by atoms with Crippen molar-refractivity contribution >= 4 is 11.6 Å². The van der Waals surface area contributed by atoms with Crippen LogP contribution >= 0.6 is 0 Å². The Balaban J connectivity index is 2.04. The van der Waals surface area contributed by atoms with Gasteiger partial charge in [0.25, 0.3) is 5.91 Å². The van der Waals surface area contributed by atoms with Crippen molar-refractivity contribution in [3.8, 4) is 0 Å². The summed E-state index contributed by atoms with van der Waals surface area (Å²) in [5.41, 5.74) is 1.03. The molecule has 0 saturated heterocycles. The molecule has 1 N–H and O–H groups in total. The largest absolute Gasteiger partial charge is 0.362 e. The van der Waals surface area contributed by atoms with Crippen LogP contribution < -0.4 is 5.32 Å². The third-order valence-corrected chi connectivity index (χ3v) is 2.07. The van der Waals surface area contributed by atoms with Gasteiger partial charge in [0, 0.05) is 31.4 Å². The van der Waals surface area contributed by atoms with Crippen molar-refractivity contribution in [1.29, 1.82) is 0 Å². The van der Waals surface area contributed by atoms with E-state index >= 15 is 0 Å². The molecular weight excluding hydrogens is 220 g/mol. The molecular formula is C11H12N4O2. The van der Waals surface area contributed by atoms with E-state index in [1.807, 2.05) is 0 Å². The van der Waals surface area contributed by atoms with Crippen molar-refractivity contribution in [3.05, 3.63) is 42.5 Å². The number of nitrogens with one attached hydrogen (secondary N) is 1. The summed E-state index contributed by atoms with van der Waals surface area (Å²) in [6.07, 6.45) is 4.91. The molecule has 0 radical (unpaired) electrons. The first-order chi connectivity index (χ1) is 8.29. The Morgan fingerprint density at radius 1 is 1.41 bits per heavy atom. The SMILES string of the molecule is COCn1ccc(C(=O)Nc2ccncc2)n1. The molecule has 0 aliphatic rings. The van der Waals surface area contributed by atoms with Crippen LogP contribution in [-0.4, -0.2) is 27.8 Å². The third-order valence-electron chi connectivity index (χ3n) is 2.07. The summed E-state index contributed by atoms with van der Waals surface area (Å²) >= 11 is 0. The zero-order valence-electron chi connectivity index (χ0n) is 9.33. The number of ether oxygens (including phenoxy) is 1. The Labute approximate surface area is 98.2 Å². The molecule has 0 saturated carbocycles. The van der Waals surface area contributed by atoms with E-state index in [1.165, 1.54) is 0 Å². The Kier molecular flexibility index (Phi) is 3.46. The van der Waals surface area contributed by atoms with Crippen LogP contribution in [0.4, 0.5) is 5.69 Å². The van der Waals surface area contributed by atoms with Gasteiger partial charge < -0.3 is 10.1 Å². The average molecular weight is 232 g/mol. The minimum absolute atomic E-state index is 0.258. The van der Waals surface area contributed by atoms with Crippen LogP contribution in [0.5, 0.6) is 0 Å². The Morgan fingerprint density at radius 2 is 2.18 bits per heavy atom. The lowest BCUT2D eigenvalue weighted by Crippen LogP contribution is -2.13. The van der Waals surface area contributed by atoms with Gasteiger partial charge in [0.15, 0.2) is 5.69 Å². The molecule has 2 heterocycles. The van der Waals surface area contributed by atoms with Crippen molar-refractivity contribution in [2.45, 2.75) is 6.73 Å². The van der Waals surface area contributed by atoms with Crippen molar-refractivity contribution in [2.75, 3.05) is 12.4 Å². The highest BCUT2D eigenvalue weighted by Crippen LogP contribution is 2.06. The predicted molar refractivity (Wildman–Crippen MR) is 61.4 cm³/mol. The molecule has 0 aliphatic carbocycles. The molecule has 0 unspecified atom stereocenters. The molecule has 0 aliphatic heterocycles. The lowest BCUT2D eigenvalue weighted by Gasteiger charge is -2.01. The molecule has 6 nitrogen and oxygen atoms in total. The Bertz CT molecular complexity index is 495. The zero-order valence-corrected chi connectivity index (χ0v) is 9.33. The van der Waals surface area contributed by atoms with Gasteiger partial charge in [-0.1, -0.05) is 0 Å². The number of amides is 1. The third kappa shape index (κ3) is 2.88. The van der Waals surface area contributed by atoms with Crippen LogP contribution in [0.2, 0.25) is 0 Å². The number of aromatic nitrogens is 3. The van der Waals surface area contributed by atoms with Crippen molar-refractivity contribution in [3.63, 3.8) is 0 Å². The molecule has 17 heavy (non-hydrogen) atoms. The molecule has 6 heteroatoms. The molecule has 0 bridgehead atoms. The fourth-order valence-corrected chi connectivity index (χ4v) is 1.32. The van der Waals surface area contributed by atoms with Gasteiger partial charge >= 0.3 is 0 Å². The zero-order chi connectivity index (χ0) is 12.1. The number of pyridine rings is 1. The van der Waals surface area contributed by atoms with Gasteiger partial charge in [-0.3, -0.25) is 9.78 Å². The highest BCUT2D eigenvalue weighted by atomic mass is 16.5. The number of carbonyl (C=O) groups is 1. The quantitative estimate of drug-likeness (QED) is 0.858. The highest BCUT2D eigenvalue weighted by molar-refractivity contribution is 6.02. The first-order valence-corrected chi connectivity index (χ1v) is 5.03. The van der Waals surface area contributed by atoms with Crippen molar-refractivity contribution in [1.82, 2.24) is 14.8 Å². The van der Waals surface area contributed by atoms with E-state index in [-0.39, 0.29) is 5.91 Å². The second kappa shape index (κ2) is 5.22. The van der Waals surface area contributed by atoms with E-state index in [0.29, 0.717) is 18.1 Å². The first kappa shape index (κ1) is 11.3. The van der Waals surface area contributed by atoms with Gasteiger partial charge in [0.05, 0.1) is 0 Å². The number of methoxy groups -OCH3 is 1. The minimum Gasteiger partial charge on any atom is -0.362 e. The summed E-state index contributed by atoms with van der Waals surface area (Å²) in [6, 6.07) is 5.06. The Hall–Kier alpha value is -2.21. The van der Waals surface area contributed by atoms with Crippen LogP contribution in [-0.2, 0) is 11.5 Å². The van der Waals surface area contributed by atoms with Crippen LogP contribution in [0.1, 0.15) is 10.5 Å². The van der Waals surface area contributed by atoms with E-state index in [1.54, 1.807) is 48.6 Å². The lowest BCUT2D eigenvalue weighted by molar-refractivity contribution is 0.101. The van der Waals surface area contributed by atoms with Crippen molar-refractivity contribution in [2.24, 2.45) is 0 Å². The maximum atomic E-state index is 11.8. The van der Waals surface area contributed by atoms with Crippen LogP contribution in [0.15, 0.2) is 36.8 Å². The molecule has 2 aromatic rings. The van der Waals surface area contributed by atoms with E-state index in [2.05, 4.69) is 15.4 Å². The number of rotatable bonds is 4. The summed E-state index contributed by atoms with van der Waals surface area (Å²) in [5, 5.41) is 6.78.